The van der Waals surface area contributed by atoms with E-state index in [0.29, 0.717) is 17.2 Å². The van der Waals surface area contributed by atoms with E-state index in [0.717, 1.165) is 18.8 Å². The van der Waals surface area contributed by atoms with Crippen LogP contribution in [0.15, 0.2) is 34.2 Å². The highest BCUT2D eigenvalue weighted by Crippen LogP contribution is 2.32. The number of hydrogen-bond acceptors (Lipinski definition) is 4. The smallest absolute Gasteiger partial charge is 0.157 e. The van der Waals surface area contributed by atoms with Crippen molar-refractivity contribution in [2.45, 2.75) is 124 Å². The van der Waals surface area contributed by atoms with Crippen molar-refractivity contribution in [3.05, 3.63) is 29.8 Å². The average Bonchev–Trinajstić information content (AvgIpc) is 2.84. The Labute approximate surface area is 227 Å². The van der Waals surface area contributed by atoms with Crippen molar-refractivity contribution in [3.63, 3.8) is 0 Å². The second kappa shape index (κ2) is 15.2. The van der Waals surface area contributed by atoms with Crippen molar-refractivity contribution in [2.75, 3.05) is 13.1 Å². The number of ketones is 1. The Morgan fingerprint density at radius 1 is 1.08 bits per heavy atom. The van der Waals surface area contributed by atoms with Crippen LogP contribution in [0.1, 0.15) is 113 Å². The minimum atomic E-state index is -0.651. The lowest BCUT2D eigenvalue weighted by atomic mass is 9.82. The molecule has 36 heavy (non-hydrogen) atoms. The lowest BCUT2D eigenvalue weighted by Crippen LogP contribution is -2.37. The molecule has 0 radical (unpaired) electrons. The molecule has 206 valence electrons. The third-order valence-electron chi connectivity index (χ3n) is 7.96. The quantitative estimate of drug-likeness (QED) is 0.182. The van der Waals surface area contributed by atoms with Gasteiger partial charge in [0.15, 0.2) is 5.78 Å². The number of hydrogen-bond donors (Lipinski definition) is 1. The standard InChI is InChI=1S/C18H29NS.C13H26N2O/c1-5-15-11-13-19(14-12-15)20-17-9-7-16(8-10-17)18(3,4)6-2;1-7-10(4)12(14)15-13(6,11(5)16)8-9(2)3/h7-10,15H,5-6,11-14H2,1-4H3;9-10H,7-8H2,1-6H3,(H2,14,15). The third-order valence-corrected chi connectivity index (χ3v) is 9.07. The molecule has 1 aliphatic heterocycles. The first-order valence-electron chi connectivity index (χ1n) is 14.2. The molecule has 2 N–H and O–H groups in total. The van der Waals surface area contributed by atoms with Gasteiger partial charge in [0.25, 0.3) is 0 Å². The molecule has 1 aromatic carbocycles. The first kappa shape index (κ1) is 32.7. The zero-order valence-electron chi connectivity index (χ0n) is 25.0. The highest BCUT2D eigenvalue weighted by molar-refractivity contribution is 7.97. The molecule has 0 amide bonds. The van der Waals surface area contributed by atoms with Gasteiger partial charge in [0.05, 0.1) is 5.84 Å². The van der Waals surface area contributed by atoms with Crippen LogP contribution in [0.3, 0.4) is 0 Å². The summed E-state index contributed by atoms with van der Waals surface area (Å²) in [5.74, 6) is 2.32. The Morgan fingerprint density at radius 3 is 2.06 bits per heavy atom. The van der Waals surface area contributed by atoms with Crippen LogP contribution in [0.5, 0.6) is 0 Å². The Morgan fingerprint density at radius 2 is 1.64 bits per heavy atom. The number of Topliss-reactive ketones (excluding diaryl/α,β-unsaturated/α-hetero) is 1. The highest BCUT2D eigenvalue weighted by Gasteiger charge is 2.30. The Balaban J connectivity index is 0.000000371. The van der Waals surface area contributed by atoms with Gasteiger partial charge >= 0.3 is 0 Å². The number of carbonyl (C=O) groups is 1. The molecule has 0 spiro atoms. The van der Waals surface area contributed by atoms with Gasteiger partial charge in [-0.15, -0.1) is 0 Å². The zero-order chi connectivity index (χ0) is 27.5. The molecule has 2 rings (SSSR count). The molecule has 0 aromatic heterocycles. The van der Waals surface area contributed by atoms with Crippen LogP contribution in [0.2, 0.25) is 0 Å². The molecule has 1 saturated heterocycles. The number of aliphatic imine (C=N–C) groups is 1. The molecular weight excluding hydrogens is 462 g/mol. The summed E-state index contributed by atoms with van der Waals surface area (Å²) in [6, 6.07) is 9.21. The molecule has 0 saturated carbocycles. The van der Waals surface area contributed by atoms with Crippen LogP contribution in [-0.4, -0.2) is 34.6 Å². The van der Waals surface area contributed by atoms with E-state index >= 15 is 0 Å². The summed E-state index contributed by atoms with van der Waals surface area (Å²) < 4.78 is 2.53. The van der Waals surface area contributed by atoms with Crippen molar-refractivity contribution in [1.82, 2.24) is 4.31 Å². The van der Waals surface area contributed by atoms with Crippen LogP contribution in [0.4, 0.5) is 0 Å². The second-order valence-electron chi connectivity index (χ2n) is 11.9. The van der Waals surface area contributed by atoms with Gasteiger partial charge in [0.2, 0.25) is 0 Å². The monoisotopic (exact) mass is 517 g/mol. The second-order valence-corrected chi connectivity index (χ2v) is 13.1. The van der Waals surface area contributed by atoms with Gasteiger partial charge < -0.3 is 5.73 Å². The summed E-state index contributed by atoms with van der Waals surface area (Å²) in [5.41, 5.74) is 7.02. The number of carbonyl (C=O) groups excluding carboxylic acids is 1. The number of nitrogens with two attached hydrogens (primary N) is 1. The fourth-order valence-corrected chi connectivity index (χ4v) is 5.35. The van der Waals surface area contributed by atoms with Gasteiger partial charge in [-0.3, -0.25) is 9.79 Å². The number of nitrogens with zero attached hydrogens (tertiary/aromatic N) is 2. The van der Waals surface area contributed by atoms with Crippen LogP contribution < -0.4 is 5.73 Å². The Bertz CT molecular complexity index is 810. The number of rotatable bonds is 11. The fourth-order valence-electron chi connectivity index (χ4n) is 4.40. The molecule has 2 atom stereocenters. The predicted molar refractivity (Wildman–Crippen MR) is 160 cm³/mol. The highest BCUT2D eigenvalue weighted by atomic mass is 32.2. The fraction of sp³-hybridized carbons (Fsp3) is 0.742. The van der Waals surface area contributed by atoms with Crippen molar-refractivity contribution >= 4 is 23.6 Å². The topological polar surface area (TPSA) is 58.7 Å². The van der Waals surface area contributed by atoms with Crippen molar-refractivity contribution < 1.29 is 4.79 Å². The minimum Gasteiger partial charge on any atom is -0.387 e. The average molecular weight is 518 g/mol. The largest absolute Gasteiger partial charge is 0.387 e. The van der Waals surface area contributed by atoms with Gasteiger partial charge in [0.1, 0.15) is 5.54 Å². The summed E-state index contributed by atoms with van der Waals surface area (Å²) in [5, 5.41) is 0. The number of amidine groups is 1. The summed E-state index contributed by atoms with van der Waals surface area (Å²) in [4.78, 5) is 17.5. The van der Waals surface area contributed by atoms with E-state index in [4.69, 9.17) is 5.73 Å². The molecule has 0 bridgehead atoms. The Hall–Kier alpha value is -1.33. The SMILES string of the molecule is CCC(C)C(N)=NC(C)(CC(C)C)C(C)=O.CCC1CCN(Sc2ccc(C(C)(C)CC)cc2)CC1. The van der Waals surface area contributed by atoms with Gasteiger partial charge in [-0.1, -0.05) is 73.9 Å². The van der Waals surface area contributed by atoms with E-state index in [1.807, 2.05) is 25.8 Å². The lowest BCUT2D eigenvalue weighted by Gasteiger charge is -2.30. The van der Waals surface area contributed by atoms with E-state index in [1.54, 1.807) is 6.92 Å². The Kier molecular flexibility index (Phi) is 13.8. The molecule has 1 aliphatic rings. The molecule has 1 aromatic rings. The summed E-state index contributed by atoms with van der Waals surface area (Å²) in [6.07, 6.45) is 6.96. The van der Waals surface area contributed by atoms with Crippen molar-refractivity contribution in [1.29, 1.82) is 0 Å². The summed E-state index contributed by atoms with van der Waals surface area (Å²) in [7, 11) is 0. The van der Waals surface area contributed by atoms with Crippen LogP contribution in [0.25, 0.3) is 0 Å². The first-order chi connectivity index (χ1) is 16.8. The third kappa shape index (κ3) is 10.6. The van der Waals surface area contributed by atoms with Gasteiger partial charge in [-0.25, -0.2) is 4.31 Å². The maximum Gasteiger partial charge on any atom is 0.157 e. The predicted octanol–water partition coefficient (Wildman–Crippen LogP) is 8.29. The maximum atomic E-state index is 11.7. The zero-order valence-corrected chi connectivity index (χ0v) is 25.8. The van der Waals surface area contributed by atoms with Gasteiger partial charge in [-0.05, 0) is 92.8 Å². The van der Waals surface area contributed by atoms with E-state index < -0.39 is 5.54 Å². The minimum absolute atomic E-state index is 0.0902. The van der Waals surface area contributed by atoms with Gasteiger partial charge in [-0.2, -0.15) is 0 Å². The van der Waals surface area contributed by atoms with Crippen molar-refractivity contribution in [2.24, 2.45) is 28.5 Å². The molecule has 4 nitrogen and oxygen atoms in total. The van der Waals surface area contributed by atoms with E-state index in [-0.39, 0.29) is 11.7 Å². The van der Waals surface area contributed by atoms with Crippen LogP contribution in [-0.2, 0) is 10.2 Å². The summed E-state index contributed by atoms with van der Waals surface area (Å²) in [6.45, 7) is 23.5. The molecule has 0 aliphatic carbocycles. The van der Waals surface area contributed by atoms with Crippen LogP contribution in [0, 0.1) is 17.8 Å². The van der Waals surface area contributed by atoms with E-state index in [2.05, 4.69) is 82.0 Å². The molecule has 5 heteroatoms. The van der Waals surface area contributed by atoms with Crippen LogP contribution >= 0.6 is 11.9 Å². The lowest BCUT2D eigenvalue weighted by molar-refractivity contribution is -0.121. The first-order valence-corrected chi connectivity index (χ1v) is 14.9. The van der Waals surface area contributed by atoms with E-state index in [1.165, 1.54) is 49.2 Å². The molecule has 2 unspecified atom stereocenters. The maximum absolute atomic E-state index is 11.7. The molecular formula is C31H55N3OS. The molecule has 1 fully saturated rings. The normalized spacial score (nSPS) is 18.4. The van der Waals surface area contributed by atoms with Gasteiger partial charge in [0, 0.05) is 23.9 Å². The summed E-state index contributed by atoms with van der Waals surface area (Å²) >= 11 is 1.94. The van der Waals surface area contributed by atoms with Crippen molar-refractivity contribution in [3.8, 4) is 0 Å². The number of benzene rings is 1. The molecule has 1 heterocycles. The van der Waals surface area contributed by atoms with E-state index in [9.17, 15) is 4.79 Å². The number of piperidine rings is 1.